The molecule has 1 aliphatic rings. The molecular weight excluding hydrogens is 384 g/mol. The van der Waals surface area contributed by atoms with E-state index in [0.717, 1.165) is 12.0 Å². The highest BCUT2D eigenvalue weighted by atomic mass is 16.5. The van der Waals surface area contributed by atoms with Crippen LogP contribution in [-0.4, -0.2) is 42.6 Å². The number of anilines is 1. The lowest BCUT2D eigenvalue weighted by atomic mass is 9.94. The molecule has 3 N–H and O–H groups in total. The van der Waals surface area contributed by atoms with Gasteiger partial charge in [0.1, 0.15) is 0 Å². The number of nitrogens with zero attached hydrogens (tertiary/aromatic N) is 1. The van der Waals surface area contributed by atoms with Crippen LogP contribution in [0.2, 0.25) is 0 Å². The predicted molar refractivity (Wildman–Crippen MR) is 116 cm³/mol. The molecule has 1 aromatic carbocycles. The molecule has 1 atom stereocenters. The summed E-state index contributed by atoms with van der Waals surface area (Å²) in [5.74, 6) is -0.227. The van der Waals surface area contributed by atoms with Gasteiger partial charge in [0.25, 0.3) is 0 Å². The molecule has 0 saturated heterocycles. The molecule has 164 valence electrons. The van der Waals surface area contributed by atoms with Gasteiger partial charge in [0.2, 0.25) is 0 Å². The quantitative estimate of drug-likeness (QED) is 0.562. The maximum atomic E-state index is 12.9. The number of carbonyl (C=O) groups is 3. The molecule has 0 fully saturated rings. The van der Waals surface area contributed by atoms with Gasteiger partial charge in [-0.05, 0) is 43.9 Å². The van der Waals surface area contributed by atoms with Crippen molar-refractivity contribution in [1.82, 2.24) is 15.5 Å². The maximum Gasteiger partial charge on any atom is 0.338 e. The van der Waals surface area contributed by atoms with Crippen molar-refractivity contribution < 1.29 is 19.1 Å². The lowest BCUT2D eigenvalue weighted by molar-refractivity contribution is -0.140. The van der Waals surface area contributed by atoms with Crippen LogP contribution in [0.4, 0.5) is 15.3 Å². The first-order chi connectivity index (χ1) is 14.3. The highest BCUT2D eigenvalue weighted by Crippen LogP contribution is 2.32. The zero-order valence-corrected chi connectivity index (χ0v) is 18.4. The Kier molecular flexibility index (Phi) is 8.26. The molecular formula is C22H32N4O4. The first-order valence-electron chi connectivity index (χ1n) is 10.4. The largest absolute Gasteiger partial charge is 0.462 e. The standard InChI is InChI=1S/C22H32N4O4/c1-6-12-26-15(5)18(20(27)30-13-14(3)4)19(25-22(26)29)16-8-10-17(11-9-16)24-21(28)23-7-2/h8-11,14,19H,6-7,12-13H2,1-5H3,(H,25,29)(H2,23,24,28). The van der Waals surface area contributed by atoms with E-state index < -0.39 is 12.0 Å². The Labute approximate surface area is 178 Å². The second-order valence-electron chi connectivity index (χ2n) is 7.63. The Hall–Kier alpha value is -3.03. The number of carbonyl (C=O) groups excluding carboxylic acids is 3. The lowest BCUT2D eigenvalue weighted by Crippen LogP contribution is -2.48. The predicted octanol–water partition coefficient (Wildman–Crippen LogP) is 3.78. The molecule has 0 aliphatic carbocycles. The number of rotatable bonds is 8. The van der Waals surface area contributed by atoms with E-state index in [1.807, 2.05) is 27.7 Å². The first-order valence-corrected chi connectivity index (χ1v) is 10.4. The fraction of sp³-hybridized carbons (Fsp3) is 0.500. The Balaban J connectivity index is 2.34. The third-order valence-corrected chi connectivity index (χ3v) is 4.65. The van der Waals surface area contributed by atoms with Crippen LogP contribution in [0.5, 0.6) is 0 Å². The van der Waals surface area contributed by atoms with Crippen LogP contribution in [0.25, 0.3) is 0 Å². The molecule has 1 aliphatic heterocycles. The van der Waals surface area contributed by atoms with Crippen molar-refractivity contribution in [2.24, 2.45) is 5.92 Å². The smallest absolute Gasteiger partial charge is 0.338 e. The second kappa shape index (κ2) is 10.7. The normalized spacial score (nSPS) is 16.4. The number of hydrogen-bond donors (Lipinski definition) is 3. The molecule has 8 nitrogen and oxygen atoms in total. The van der Waals surface area contributed by atoms with Crippen LogP contribution < -0.4 is 16.0 Å². The number of esters is 1. The fourth-order valence-electron chi connectivity index (χ4n) is 3.20. The van der Waals surface area contributed by atoms with Gasteiger partial charge in [0.05, 0.1) is 18.2 Å². The Morgan fingerprint density at radius 2 is 1.87 bits per heavy atom. The van der Waals surface area contributed by atoms with E-state index in [9.17, 15) is 14.4 Å². The molecule has 1 heterocycles. The SMILES string of the molecule is CCCN1C(=O)NC(c2ccc(NC(=O)NCC)cc2)C(C(=O)OCC(C)C)=C1C. The van der Waals surface area contributed by atoms with Crippen LogP contribution in [-0.2, 0) is 9.53 Å². The molecule has 0 aromatic heterocycles. The second-order valence-corrected chi connectivity index (χ2v) is 7.63. The lowest BCUT2D eigenvalue weighted by Gasteiger charge is -2.35. The van der Waals surface area contributed by atoms with Crippen molar-refractivity contribution in [3.05, 3.63) is 41.1 Å². The summed E-state index contributed by atoms with van der Waals surface area (Å²) in [5, 5.41) is 8.32. The van der Waals surface area contributed by atoms with Gasteiger partial charge in [0, 0.05) is 24.5 Å². The van der Waals surface area contributed by atoms with E-state index in [2.05, 4.69) is 16.0 Å². The number of urea groups is 2. The minimum atomic E-state index is -0.621. The summed E-state index contributed by atoms with van der Waals surface area (Å²) in [7, 11) is 0. The molecule has 0 spiro atoms. The van der Waals surface area contributed by atoms with Gasteiger partial charge < -0.3 is 20.7 Å². The minimum absolute atomic E-state index is 0.206. The Morgan fingerprint density at radius 1 is 1.20 bits per heavy atom. The summed E-state index contributed by atoms with van der Waals surface area (Å²) < 4.78 is 5.49. The van der Waals surface area contributed by atoms with E-state index in [4.69, 9.17) is 4.74 Å². The van der Waals surface area contributed by atoms with Crippen LogP contribution in [0.1, 0.15) is 52.6 Å². The maximum absolute atomic E-state index is 12.9. The topological polar surface area (TPSA) is 99.8 Å². The van der Waals surface area contributed by atoms with Gasteiger partial charge in [-0.2, -0.15) is 0 Å². The van der Waals surface area contributed by atoms with Crippen molar-refractivity contribution in [2.75, 3.05) is 25.0 Å². The molecule has 2 rings (SSSR count). The van der Waals surface area contributed by atoms with Gasteiger partial charge in [-0.25, -0.2) is 14.4 Å². The summed E-state index contributed by atoms with van der Waals surface area (Å²) in [6, 6.07) is 5.88. The molecule has 1 unspecified atom stereocenters. The Bertz CT molecular complexity index is 802. The summed E-state index contributed by atoms with van der Waals surface area (Å²) in [4.78, 5) is 38.8. The molecule has 0 bridgehead atoms. The third-order valence-electron chi connectivity index (χ3n) is 4.65. The summed E-state index contributed by atoms with van der Waals surface area (Å²) >= 11 is 0. The minimum Gasteiger partial charge on any atom is -0.462 e. The Morgan fingerprint density at radius 3 is 2.43 bits per heavy atom. The zero-order chi connectivity index (χ0) is 22.3. The van der Waals surface area contributed by atoms with Crippen LogP contribution >= 0.6 is 0 Å². The molecule has 4 amide bonds. The number of amides is 4. The average Bonchev–Trinajstić information content (AvgIpc) is 2.69. The number of nitrogens with one attached hydrogen (secondary N) is 3. The highest BCUT2D eigenvalue weighted by Gasteiger charge is 2.36. The van der Waals surface area contributed by atoms with E-state index in [-0.39, 0.29) is 18.0 Å². The van der Waals surface area contributed by atoms with E-state index in [1.165, 1.54) is 0 Å². The van der Waals surface area contributed by atoms with Crippen molar-refractivity contribution in [2.45, 2.75) is 47.1 Å². The van der Waals surface area contributed by atoms with Crippen LogP contribution in [0, 0.1) is 5.92 Å². The summed E-state index contributed by atoms with van der Waals surface area (Å²) in [5.41, 5.74) is 2.37. The molecule has 0 radical (unpaired) electrons. The van der Waals surface area contributed by atoms with E-state index >= 15 is 0 Å². The number of ether oxygens (including phenoxy) is 1. The molecule has 30 heavy (non-hydrogen) atoms. The van der Waals surface area contributed by atoms with Gasteiger partial charge in [-0.3, -0.25) is 4.90 Å². The average molecular weight is 417 g/mol. The van der Waals surface area contributed by atoms with Gasteiger partial charge >= 0.3 is 18.0 Å². The summed E-state index contributed by atoms with van der Waals surface area (Å²) in [6.07, 6.45) is 0.768. The molecule has 0 saturated carbocycles. The van der Waals surface area contributed by atoms with E-state index in [1.54, 1.807) is 36.1 Å². The van der Waals surface area contributed by atoms with Crippen LogP contribution in [0.15, 0.2) is 35.5 Å². The fourth-order valence-corrected chi connectivity index (χ4v) is 3.20. The van der Waals surface area contributed by atoms with Crippen molar-refractivity contribution in [1.29, 1.82) is 0 Å². The third kappa shape index (κ3) is 5.75. The van der Waals surface area contributed by atoms with Crippen LogP contribution in [0.3, 0.4) is 0 Å². The van der Waals surface area contributed by atoms with Gasteiger partial charge in [-0.15, -0.1) is 0 Å². The molecule has 8 heteroatoms. The van der Waals surface area contributed by atoms with Gasteiger partial charge in [0.15, 0.2) is 0 Å². The van der Waals surface area contributed by atoms with Crippen molar-refractivity contribution in [3.63, 3.8) is 0 Å². The zero-order valence-electron chi connectivity index (χ0n) is 18.4. The van der Waals surface area contributed by atoms with Gasteiger partial charge in [-0.1, -0.05) is 32.9 Å². The molecule has 1 aromatic rings. The number of benzene rings is 1. The van der Waals surface area contributed by atoms with Crippen molar-refractivity contribution in [3.8, 4) is 0 Å². The number of hydrogen-bond acceptors (Lipinski definition) is 4. The van der Waals surface area contributed by atoms with Crippen molar-refractivity contribution >= 4 is 23.7 Å². The highest BCUT2D eigenvalue weighted by molar-refractivity contribution is 5.95. The number of allylic oxidation sites excluding steroid dienone is 1. The monoisotopic (exact) mass is 416 g/mol. The summed E-state index contributed by atoms with van der Waals surface area (Å²) in [6.45, 7) is 10.9. The van der Waals surface area contributed by atoms with E-state index in [0.29, 0.717) is 36.7 Å². The first kappa shape index (κ1) is 23.3.